The zero-order chi connectivity index (χ0) is 27.1. The number of hydrogen-bond donors (Lipinski definition) is 1. The number of rotatable bonds is 7. The van der Waals surface area contributed by atoms with Crippen LogP contribution in [0.4, 0.5) is 13.2 Å². The summed E-state index contributed by atoms with van der Waals surface area (Å²) >= 11 is 6.21. The van der Waals surface area contributed by atoms with Crippen LogP contribution in [0.25, 0.3) is 16.4 Å². The Hall–Kier alpha value is -3.45. The van der Waals surface area contributed by atoms with Crippen LogP contribution in [0.15, 0.2) is 47.5 Å². The van der Waals surface area contributed by atoms with E-state index in [1.54, 1.807) is 44.3 Å². The normalized spacial score (nSPS) is 13.2. The van der Waals surface area contributed by atoms with Gasteiger partial charge in [0.15, 0.2) is 5.65 Å². The van der Waals surface area contributed by atoms with Gasteiger partial charge in [-0.2, -0.15) is 18.3 Å². The predicted molar refractivity (Wildman–Crippen MR) is 131 cm³/mol. The molecule has 4 rings (SSSR count). The lowest BCUT2D eigenvalue weighted by atomic mass is 10.1. The van der Waals surface area contributed by atoms with Gasteiger partial charge in [-0.15, -0.1) is 0 Å². The highest BCUT2D eigenvalue weighted by Crippen LogP contribution is 2.26. The van der Waals surface area contributed by atoms with Crippen molar-refractivity contribution in [3.8, 4) is 0 Å². The van der Waals surface area contributed by atoms with Gasteiger partial charge in [0.1, 0.15) is 5.56 Å². The van der Waals surface area contributed by atoms with E-state index in [1.807, 2.05) is 0 Å². The lowest BCUT2D eigenvalue weighted by Gasteiger charge is -2.21. The number of halogens is 4. The average molecular weight is 556 g/mol. The smallest absolute Gasteiger partial charge is 0.344 e. The summed E-state index contributed by atoms with van der Waals surface area (Å²) in [6, 6.07) is 7.20. The van der Waals surface area contributed by atoms with Crippen LogP contribution < -0.4 is 10.9 Å². The second kappa shape index (κ2) is 9.78. The summed E-state index contributed by atoms with van der Waals surface area (Å²) in [5.41, 5.74) is -4.78. The van der Waals surface area contributed by atoms with Crippen LogP contribution >= 0.6 is 11.6 Å². The molecule has 0 spiro atoms. The number of pyridine rings is 1. The Morgan fingerprint density at radius 3 is 2.68 bits per heavy atom. The number of aryl methyl sites for hydroxylation is 1. The van der Waals surface area contributed by atoms with Crippen molar-refractivity contribution in [2.45, 2.75) is 38.4 Å². The van der Waals surface area contributed by atoms with E-state index in [9.17, 15) is 31.2 Å². The SMILES string of the molecule is Cc1nn2cccnc2c1C(=O)N[C@@H](C)c1cc2cccc(Cl)c2c(=O)n1CCCS(=O)(=O)C(F)(F)F. The minimum Gasteiger partial charge on any atom is -0.344 e. The molecule has 1 atom stereocenters. The quantitative estimate of drug-likeness (QED) is 0.371. The fraction of sp³-hybridized carbons (Fsp3) is 0.304. The molecule has 0 saturated heterocycles. The first-order valence-electron chi connectivity index (χ1n) is 11.0. The highest BCUT2D eigenvalue weighted by atomic mass is 35.5. The Bertz CT molecular complexity index is 1680. The lowest BCUT2D eigenvalue weighted by Crippen LogP contribution is -2.34. The molecule has 1 aromatic carbocycles. The summed E-state index contributed by atoms with van der Waals surface area (Å²) in [7, 11) is -5.37. The fourth-order valence-electron chi connectivity index (χ4n) is 4.10. The lowest BCUT2D eigenvalue weighted by molar-refractivity contribution is -0.0435. The number of alkyl halides is 3. The molecule has 0 aliphatic rings. The number of sulfone groups is 1. The Morgan fingerprint density at radius 1 is 1.24 bits per heavy atom. The molecule has 4 aromatic rings. The number of nitrogens with one attached hydrogen (secondary N) is 1. The minimum absolute atomic E-state index is 0.132. The molecule has 0 saturated carbocycles. The minimum atomic E-state index is -5.39. The standard InChI is InChI=1S/C23H21ClF3N5O4S/c1-13(29-21(33)18-14(2)30-32-10-4-8-28-20(18)32)17-12-15-6-3-7-16(24)19(15)22(34)31(17)9-5-11-37(35,36)23(25,26)27/h3-4,6-8,10,12-13H,5,9,11H2,1-2H3,(H,29,33)/t13-/m0/s1. The van der Waals surface area contributed by atoms with Gasteiger partial charge in [0, 0.05) is 24.6 Å². The molecule has 0 aliphatic carbocycles. The van der Waals surface area contributed by atoms with Crippen molar-refractivity contribution in [1.82, 2.24) is 24.5 Å². The highest BCUT2D eigenvalue weighted by Gasteiger charge is 2.44. The summed E-state index contributed by atoms with van der Waals surface area (Å²) in [6.07, 6.45) is 2.66. The Kier molecular flexibility index (Phi) is 7.04. The first kappa shape index (κ1) is 26.6. The molecule has 14 heteroatoms. The van der Waals surface area contributed by atoms with Crippen molar-refractivity contribution in [2.75, 3.05) is 5.75 Å². The first-order chi connectivity index (χ1) is 17.3. The van der Waals surface area contributed by atoms with Crippen LogP contribution in [0.2, 0.25) is 5.02 Å². The van der Waals surface area contributed by atoms with Gasteiger partial charge in [-0.25, -0.2) is 17.9 Å². The van der Waals surface area contributed by atoms with Gasteiger partial charge in [0.2, 0.25) is 9.84 Å². The number of carbonyl (C=O) groups is 1. The van der Waals surface area contributed by atoms with Gasteiger partial charge in [0.05, 0.1) is 27.9 Å². The van der Waals surface area contributed by atoms with Crippen LogP contribution in [-0.4, -0.2) is 44.8 Å². The molecule has 1 N–H and O–H groups in total. The molecule has 0 aliphatic heterocycles. The van der Waals surface area contributed by atoms with E-state index >= 15 is 0 Å². The van der Waals surface area contributed by atoms with E-state index in [2.05, 4.69) is 15.4 Å². The number of nitrogens with zero attached hydrogens (tertiary/aromatic N) is 4. The van der Waals surface area contributed by atoms with Crippen LogP contribution in [0.1, 0.15) is 41.1 Å². The third kappa shape index (κ3) is 5.05. The second-order valence-electron chi connectivity index (χ2n) is 8.39. The number of hydrogen-bond acceptors (Lipinski definition) is 6. The molecule has 0 fully saturated rings. The van der Waals surface area contributed by atoms with Gasteiger partial charge in [-0.05, 0) is 43.9 Å². The van der Waals surface area contributed by atoms with Crippen molar-refractivity contribution in [2.24, 2.45) is 0 Å². The molecule has 1 amide bonds. The van der Waals surface area contributed by atoms with Gasteiger partial charge in [0.25, 0.3) is 11.5 Å². The predicted octanol–water partition coefficient (Wildman–Crippen LogP) is 3.82. The van der Waals surface area contributed by atoms with E-state index in [4.69, 9.17) is 11.6 Å². The summed E-state index contributed by atoms with van der Waals surface area (Å²) in [5, 5.41) is 7.77. The highest BCUT2D eigenvalue weighted by molar-refractivity contribution is 7.92. The molecular formula is C23H21ClF3N5O4S. The first-order valence-corrected chi connectivity index (χ1v) is 13.1. The molecule has 0 unspecified atom stereocenters. The average Bonchev–Trinajstić information content (AvgIpc) is 3.15. The Balaban J connectivity index is 1.71. The third-order valence-electron chi connectivity index (χ3n) is 5.86. The molecule has 3 heterocycles. The molecular weight excluding hydrogens is 535 g/mol. The number of aromatic nitrogens is 4. The summed E-state index contributed by atoms with van der Waals surface area (Å²) in [6.45, 7) is 2.89. The maximum Gasteiger partial charge on any atom is 0.497 e. The molecule has 37 heavy (non-hydrogen) atoms. The second-order valence-corrected chi connectivity index (χ2v) is 10.9. The molecule has 196 valence electrons. The summed E-state index contributed by atoms with van der Waals surface area (Å²) < 4.78 is 64.0. The maximum atomic E-state index is 13.3. The van der Waals surface area contributed by atoms with Gasteiger partial charge in [-0.3, -0.25) is 9.59 Å². The summed E-state index contributed by atoms with van der Waals surface area (Å²) in [5.74, 6) is -1.72. The largest absolute Gasteiger partial charge is 0.497 e. The van der Waals surface area contributed by atoms with Gasteiger partial charge in [-0.1, -0.05) is 23.7 Å². The number of fused-ring (bicyclic) bond motifs is 2. The summed E-state index contributed by atoms with van der Waals surface area (Å²) in [4.78, 5) is 30.7. The Labute approximate surface area is 213 Å². The van der Waals surface area contributed by atoms with Crippen molar-refractivity contribution in [3.63, 3.8) is 0 Å². The molecule has 0 radical (unpaired) electrons. The van der Waals surface area contributed by atoms with Crippen LogP contribution in [0, 0.1) is 6.92 Å². The van der Waals surface area contributed by atoms with Crippen LogP contribution in [0.5, 0.6) is 0 Å². The monoisotopic (exact) mass is 555 g/mol. The third-order valence-corrected chi connectivity index (χ3v) is 7.70. The van der Waals surface area contributed by atoms with E-state index in [0.717, 1.165) is 4.57 Å². The van der Waals surface area contributed by atoms with Gasteiger partial charge >= 0.3 is 5.51 Å². The van der Waals surface area contributed by atoms with Crippen LogP contribution in [-0.2, 0) is 16.4 Å². The number of carbonyl (C=O) groups excluding carboxylic acids is 1. The van der Waals surface area contributed by atoms with E-state index in [-0.39, 0.29) is 28.2 Å². The van der Waals surface area contributed by atoms with E-state index in [0.29, 0.717) is 16.7 Å². The number of benzene rings is 1. The molecule has 9 nitrogen and oxygen atoms in total. The van der Waals surface area contributed by atoms with Crippen LogP contribution in [0.3, 0.4) is 0 Å². The van der Waals surface area contributed by atoms with Crippen molar-refractivity contribution in [3.05, 3.63) is 75.1 Å². The van der Waals surface area contributed by atoms with Crippen molar-refractivity contribution >= 4 is 43.8 Å². The fourth-order valence-corrected chi connectivity index (χ4v) is 5.10. The van der Waals surface area contributed by atoms with Gasteiger partial charge < -0.3 is 9.88 Å². The van der Waals surface area contributed by atoms with Crippen molar-refractivity contribution < 1.29 is 26.4 Å². The zero-order valence-electron chi connectivity index (χ0n) is 19.6. The van der Waals surface area contributed by atoms with Crippen molar-refractivity contribution in [1.29, 1.82) is 0 Å². The Morgan fingerprint density at radius 2 is 1.97 bits per heavy atom. The van der Waals surface area contributed by atoms with E-state index in [1.165, 1.54) is 16.8 Å². The van der Waals surface area contributed by atoms with E-state index < -0.39 is 45.0 Å². The molecule has 3 aromatic heterocycles. The maximum absolute atomic E-state index is 13.3. The number of amides is 1. The molecule has 0 bridgehead atoms. The topological polar surface area (TPSA) is 115 Å². The zero-order valence-corrected chi connectivity index (χ0v) is 21.2.